The van der Waals surface area contributed by atoms with Crippen LogP contribution in [-0.4, -0.2) is 18.3 Å². The lowest BCUT2D eigenvalue weighted by Gasteiger charge is -2.23. The Labute approximate surface area is 97.3 Å². The molecule has 2 rings (SSSR count). The van der Waals surface area contributed by atoms with E-state index in [4.69, 9.17) is 4.74 Å². The van der Waals surface area contributed by atoms with Gasteiger partial charge >= 0.3 is 0 Å². The van der Waals surface area contributed by atoms with E-state index in [0.717, 1.165) is 26.1 Å². The predicted octanol–water partition coefficient (Wildman–Crippen LogP) is 2.32. The second kappa shape index (κ2) is 4.56. The number of hydrogen-bond donors (Lipinski definition) is 1. The number of aliphatic hydroxyl groups is 1. The first-order valence-electron chi connectivity index (χ1n) is 5.90. The van der Waals surface area contributed by atoms with Crippen LogP contribution in [-0.2, 0) is 24.2 Å². The molecule has 1 heterocycles. The van der Waals surface area contributed by atoms with Crippen LogP contribution in [0.5, 0.6) is 0 Å². The molecule has 0 saturated heterocycles. The van der Waals surface area contributed by atoms with Crippen molar-refractivity contribution in [3.8, 4) is 0 Å². The number of hydrogen-bond acceptors (Lipinski definition) is 2. The van der Waals surface area contributed by atoms with Crippen LogP contribution in [0.15, 0.2) is 18.2 Å². The Hall–Kier alpha value is -0.860. The van der Waals surface area contributed by atoms with Crippen molar-refractivity contribution in [1.29, 1.82) is 0 Å². The number of rotatable bonds is 3. The van der Waals surface area contributed by atoms with Gasteiger partial charge < -0.3 is 9.84 Å². The Balaban J connectivity index is 2.17. The molecule has 16 heavy (non-hydrogen) atoms. The molecule has 0 aliphatic carbocycles. The lowest BCUT2D eigenvalue weighted by molar-refractivity contribution is 0.110. The monoisotopic (exact) mass is 220 g/mol. The molecular weight excluding hydrogens is 200 g/mol. The molecule has 0 aromatic heterocycles. The molecular formula is C14H20O2. The first-order chi connectivity index (χ1) is 7.61. The van der Waals surface area contributed by atoms with E-state index in [0.29, 0.717) is 0 Å². The van der Waals surface area contributed by atoms with Crippen molar-refractivity contribution in [1.82, 2.24) is 0 Å². The molecule has 0 saturated carbocycles. The number of aliphatic hydroxyl groups excluding tert-OH is 1. The first-order valence-corrected chi connectivity index (χ1v) is 5.90. The third-order valence-corrected chi connectivity index (χ3v) is 3.15. The highest BCUT2D eigenvalue weighted by molar-refractivity contribution is 5.33. The van der Waals surface area contributed by atoms with Gasteiger partial charge in [0.1, 0.15) is 0 Å². The summed E-state index contributed by atoms with van der Waals surface area (Å²) in [5.41, 5.74) is 4.02. The molecule has 1 N–H and O–H groups in total. The van der Waals surface area contributed by atoms with Gasteiger partial charge in [0.25, 0.3) is 0 Å². The van der Waals surface area contributed by atoms with Crippen molar-refractivity contribution in [2.24, 2.45) is 5.41 Å². The van der Waals surface area contributed by atoms with Gasteiger partial charge in [-0.3, -0.25) is 0 Å². The molecule has 2 heteroatoms. The lowest BCUT2D eigenvalue weighted by atomic mass is 9.85. The summed E-state index contributed by atoms with van der Waals surface area (Å²) in [7, 11) is 0. The van der Waals surface area contributed by atoms with Crippen LogP contribution in [0.2, 0.25) is 0 Å². The van der Waals surface area contributed by atoms with E-state index in [9.17, 15) is 5.11 Å². The van der Waals surface area contributed by atoms with Gasteiger partial charge in [-0.25, -0.2) is 0 Å². The van der Waals surface area contributed by atoms with E-state index in [1.54, 1.807) is 0 Å². The zero-order valence-corrected chi connectivity index (χ0v) is 10.1. The second-order valence-corrected chi connectivity index (χ2v) is 5.40. The maximum Gasteiger partial charge on any atom is 0.0719 e. The molecule has 1 aromatic rings. The standard InChI is InChI=1S/C14H20O2/c1-14(2,10-15)8-11-3-4-13-9-16-6-5-12(13)7-11/h3-4,7,15H,5-6,8-10H2,1-2H3. The third-order valence-electron chi connectivity index (χ3n) is 3.15. The fourth-order valence-electron chi connectivity index (χ4n) is 2.14. The molecule has 0 bridgehead atoms. The van der Waals surface area contributed by atoms with Gasteiger partial charge in [0, 0.05) is 6.61 Å². The van der Waals surface area contributed by atoms with Crippen molar-refractivity contribution in [3.63, 3.8) is 0 Å². The average Bonchev–Trinajstić information content (AvgIpc) is 2.28. The van der Waals surface area contributed by atoms with Crippen molar-refractivity contribution in [2.75, 3.05) is 13.2 Å². The fraction of sp³-hybridized carbons (Fsp3) is 0.571. The quantitative estimate of drug-likeness (QED) is 0.847. The average molecular weight is 220 g/mol. The first kappa shape index (κ1) is 11.6. The van der Waals surface area contributed by atoms with Crippen molar-refractivity contribution >= 4 is 0 Å². The van der Waals surface area contributed by atoms with Crippen LogP contribution in [0, 0.1) is 5.41 Å². The number of fused-ring (bicyclic) bond motifs is 1. The maximum atomic E-state index is 9.27. The van der Waals surface area contributed by atoms with Crippen LogP contribution in [0.3, 0.4) is 0 Å². The van der Waals surface area contributed by atoms with Gasteiger partial charge in [0.05, 0.1) is 13.2 Å². The Kier molecular flexibility index (Phi) is 3.31. The van der Waals surface area contributed by atoms with E-state index < -0.39 is 0 Å². The molecule has 1 aliphatic rings. The predicted molar refractivity (Wildman–Crippen MR) is 64.4 cm³/mol. The zero-order valence-electron chi connectivity index (χ0n) is 10.1. The van der Waals surface area contributed by atoms with E-state index in [-0.39, 0.29) is 12.0 Å². The smallest absolute Gasteiger partial charge is 0.0719 e. The Morgan fingerprint density at radius 1 is 1.31 bits per heavy atom. The molecule has 0 fully saturated rings. The summed E-state index contributed by atoms with van der Waals surface area (Å²) in [4.78, 5) is 0. The van der Waals surface area contributed by atoms with Gasteiger partial charge in [-0.2, -0.15) is 0 Å². The summed E-state index contributed by atoms with van der Waals surface area (Å²) in [6.07, 6.45) is 1.94. The van der Waals surface area contributed by atoms with Crippen molar-refractivity contribution < 1.29 is 9.84 Å². The largest absolute Gasteiger partial charge is 0.396 e. The summed E-state index contributed by atoms with van der Waals surface area (Å²) < 4.78 is 5.42. The Morgan fingerprint density at radius 2 is 2.12 bits per heavy atom. The lowest BCUT2D eigenvalue weighted by Crippen LogP contribution is -2.20. The topological polar surface area (TPSA) is 29.5 Å². The summed E-state index contributed by atoms with van der Waals surface area (Å²) in [6.45, 7) is 6.00. The Bertz CT molecular complexity index is 369. The third kappa shape index (κ3) is 2.63. The fourth-order valence-corrected chi connectivity index (χ4v) is 2.14. The SMILES string of the molecule is CC(C)(CO)Cc1ccc2c(c1)CCOC2. The van der Waals surface area contributed by atoms with Crippen molar-refractivity contribution in [3.05, 3.63) is 34.9 Å². The van der Waals surface area contributed by atoms with Gasteiger partial charge in [0.2, 0.25) is 0 Å². The van der Waals surface area contributed by atoms with Crippen LogP contribution < -0.4 is 0 Å². The van der Waals surface area contributed by atoms with E-state index in [2.05, 4.69) is 32.0 Å². The molecule has 0 spiro atoms. The second-order valence-electron chi connectivity index (χ2n) is 5.40. The van der Waals surface area contributed by atoms with E-state index in [1.165, 1.54) is 16.7 Å². The van der Waals surface area contributed by atoms with Crippen LogP contribution in [0.4, 0.5) is 0 Å². The molecule has 0 radical (unpaired) electrons. The van der Waals surface area contributed by atoms with Crippen LogP contribution in [0.25, 0.3) is 0 Å². The minimum absolute atomic E-state index is 0.0284. The highest BCUT2D eigenvalue weighted by atomic mass is 16.5. The van der Waals surface area contributed by atoms with Gasteiger partial charge in [-0.15, -0.1) is 0 Å². The molecule has 2 nitrogen and oxygen atoms in total. The Morgan fingerprint density at radius 3 is 2.88 bits per heavy atom. The molecule has 0 atom stereocenters. The van der Waals surface area contributed by atoms with Crippen LogP contribution >= 0.6 is 0 Å². The molecule has 0 amide bonds. The van der Waals surface area contributed by atoms with Gasteiger partial charge in [-0.1, -0.05) is 32.0 Å². The van der Waals surface area contributed by atoms with Gasteiger partial charge in [0.15, 0.2) is 0 Å². The minimum Gasteiger partial charge on any atom is -0.396 e. The number of benzene rings is 1. The zero-order chi connectivity index (χ0) is 11.6. The minimum atomic E-state index is -0.0284. The molecule has 1 aromatic carbocycles. The normalized spacial score (nSPS) is 15.9. The van der Waals surface area contributed by atoms with Crippen LogP contribution in [0.1, 0.15) is 30.5 Å². The molecule has 88 valence electrons. The van der Waals surface area contributed by atoms with E-state index in [1.807, 2.05) is 0 Å². The summed E-state index contributed by atoms with van der Waals surface area (Å²) in [5.74, 6) is 0. The summed E-state index contributed by atoms with van der Waals surface area (Å²) in [6, 6.07) is 6.59. The highest BCUT2D eigenvalue weighted by Crippen LogP contribution is 2.24. The summed E-state index contributed by atoms with van der Waals surface area (Å²) in [5, 5.41) is 9.27. The maximum absolute atomic E-state index is 9.27. The number of ether oxygens (including phenoxy) is 1. The van der Waals surface area contributed by atoms with Crippen molar-refractivity contribution in [2.45, 2.75) is 33.3 Å². The molecule has 0 unspecified atom stereocenters. The van der Waals surface area contributed by atoms with Gasteiger partial charge in [-0.05, 0) is 34.9 Å². The molecule has 1 aliphatic heterocycles. The highest BCUT2D eigenvalue weighted by Gasteiger charge is 2.18. The summed E-state index contributed by atoms with van der Waals surface area (Å²) >= 11 is 0. The van der Waals surface area contributed by atoms with E-state index >= 15 is 0 Å².